The highest BCUT2D eigenvalue weighted by Gasteiger charge is 2.19. The fraction of sp³-hybridized carbons (Fsp3) is 0.167. The normalized spacial score (nSPS) is 11.9. The molecule has 2 aromatic carbocycles. The Bertz CT molecular complexity index is 712. The molecule has 24 heavy (non-hydrogen) atoms. The fourth-order valence-electron chi connectivity index (χ4n) is 2.07. The molecule has 6 heteroatoms. The van der Waals surface area contributed by atoms with Crippen LogP contribution >= 0.6 is 0 Å². The maximum absolute atomic E-state index is 12.1. The van der Waals surface area contributed by atoms with E-state index in [9.17, 15) is 9.59 Å². The van der Waals surface area contributed by atoms with E-state index in [1.54, 1.807) is 24.3 Å². The number of nitrogens with one attached hydrogen (secondary N) is 1. The zero-order chi connectivity index (χ0) is 17.4. The van der Waals surface area contributed by atoms with E-state index >= 15 is 0 Å². The third-order valence-corrected chi connectivity index (χ3v) is 3.30. The zero-order valence-electron chi connectivity index (χ0n) is 13.4. The lowest BCUT2D eigenvalue weighted by atomic mass is 10.1. The van der Waals surface area contributed by atoms with Gasteiger partial charge in [0, 0.05) is 7.11 Å². The van der Waals surface area contributed by atoms with Crippen molar-refractivity contribution in [3.05, 3.63) is 71.3 Å². The smallest absolute Gasteiger partial charge is 0.337 e. The second-order valence-corrected chi connectivity index (χ2v) is 4.87. The van der Waals surface area contributed by atoms with E-state index in [0.29, 0.717) is 5.56 Å². The van der Waals surface area contributed by atoms with E-state index < -0.39 is 12.1 Å². The Balaban J connectivity index is 1.97. The molecule has 0 spiro atoms. The summed E-state index contributed by atoms with van der Waals surface area (Å²) in [5.74, 6) is -0.774. The van der Waals surface area contributed by atoms with Gasteiger partial charge in [-0.05, 0) is 23.3 Å². The number of carbonyl (C=O) groups is 2. The number of rotatable bonds is 6. The summed E-state index contributed by atoms with van der Waals surface area (Å²) in [4.78, 5) is 23.5. The molecule has 1 amide bonds. The van der Waals surface area contributed by atoms with Gasteiger partial charge in [-0.3, -0.25) is 4.79 Å². The highest BCUT2D eigenvalue weighted by Crippen LogP contribution is 2.16. The number of nitrogens with zero attached hydrogens (tertiary/aromatic N) is 1. The molecule has 0 aromatic heterocycles. The third-order valence-electron chi connectivity index (χ3n) is 3.30. The van der Waals surface area contributed by atoms with Crippen LogP contribution in [0.1, 0.15) is 27.6 Å². The maximum Gasteiger partial charge on any atom is 0.337 e. The molecule has 124 valence electrons. The lowest BCUT2D eigenvalue weighted by Crippen LogP contribution is -2.26. The summed E-state index contributed by atoms with van der Waals surface area (Å²) in [7, 11) is 2.79. The Labute approximate surface area is 140 Å². The van der Waals surface area contributed by atoms with Crippen LogP contribution in [0, 0.1) is 0 Å². The molecule has 0 saturated carbocycles. The summed E-state index contributed by atoms with van der Waals surface area (Å²) in [6.07, 6.45) is 0.751. The first kappa shape index (κ1) is 17.4. The lowest BCUT2D eigenvalue weighted by Gasteiger charge is -2.13. The predicted octanol–water partition coefficient (Wildman–Crippen LogP) is 2.31. The summed E-state index contributed by atoms with van der Waals surface area (Å²) in [6, 6.07) is 15.8. The number of methoxy groups -OCH3 is 2. The Kier molecular flexibility index (Phi) is 6.22. The molecule has 2 aromatic rings. The van der Waals surface area contributed by atoms with Crippen molar-refractivity contribution in [1.29, 1.82) is 0 Å². The van der Waals surface area contributed by atoms with Crippen LogP contribution in [0.25, 0.3) is 0 Å². The van der Waals surface area contributed by atoms with E-state index in [2.05, 4.69) is 15.3 Å². The molecule has 0 saturated heterocycles. The molecule has 0 heterocycles. The first-order valence-corrected chi connectivity index (χ1v) is 7.24. The number of benzene rings is 2. The van der Waals surface area contributed by atoms with Crippen LogP contribution in [-0.4, -0.2) is 32.3 Å². The molecule has 2 rings (SSSR count). The number of amides is 1. The van der Waals surface area contributed by atoms with Gasteiger partial charge in [0.15, 0.2) is 6.10 Å². The highest BCUT2D eigenvalue weighted by molar-refractivity contribution is 5.91. The topological polar surface area (TPSA) is 77.0 Å². The molecular formula is C18H18N2O4. The molecule has 0 fully saturated rings. The summed E-state index contributed by atoms with van der Waals surface area (Å²) < 4.78 is 9.84. The zero-order valence-corrected chi connectivity index (χ0v) is 13.4. The van der Waals surface area contributed by atoms with Crippen LogP contribution in [-0.2, 0) is 14.3 Å². The third kappa shape index (κ3) is 4.50. The molecule has 0 bridgehead atoms. The van der Waals surface area contributed by atoms with Crippen molar-refractivity contribution in [3.63, 3.8) is 0 Å². The average molecular weight is 326 g/mol. The second kappa shape index (κ2) is 8.59. The number of ether oxygens (including phenoxy) is 2. The van der Waals surface area contributed by atoms with Gasteiger partial charge in [0.05, 0.1) is 18.9 Å². The quantitative estimate of drug-likeness (QED) is 0.502. The van der Waals surface area contributed by atoms with E-state index in [1.807, 2.05) is 30.3 Å². The largest absolute Gasteiger partial charge is 0.465 e. The first-order chi connectivity index (χ1) is 11.7. The Hall–Kier alpha value is -2.99. The van der Waals surface area contributed by atoms with Crippen LogP contribution < -0.4 is 5.43 Å². The standard InChI is InChI=1S/C18H18N2O4/c1-23-16(14-6-4-3-5-7-14)17(21)20-19-12-13-8-10-15(11-9-13)18(22)24-2/h3-12,16H,1-2H3,(H,20,21)/b19-12+. The molecule has 6 nitrogen and oxygen atoms in total. The van der Waals surface area contributed by atoms with E-state index in [0.717, 1.165) is 11.1 Å². The van der Waals surface area contributed by atoms with Gasteiger partial charge in [0.1, 0.15) is 0 Å². The first-order valence-electron chi connectivity index (χ1n) is 7.24. The van der Waals surface area contributed by atoms with E-state index in [1.165, 1.54) is 20.4 Å². The minimum Gasteiger partial charge on any atom is -0.465 e. The van der Waals surface area contributed by atoms with Crippen molar-refractivity contribution in [2.45, 2.75) is 6.10 Å². The predicted molar refractivity (Wildman–Crippen MR) is 89.7 cm³/mol. The molecular weight excluding hydrogens is 308 g/mol. The second-order valence-electron chi connectivity index (χ2n) is 4.87. The van der Waals surface area contributed by atoms with Crippen molar-refractivity contribution in [3.8, 4) is 0 Å². The Morgan fingerprint density at radius 3 is 2.29 bits per heavy atom. The summed E-state index contributed by atoms with van der Waals surface area (Å²) in [5, 5.41) is 3.91. The fourth-order valence-corrected chi connectivity index (χ4v) is 2.07. The molecule has 0 aliphatic heterocycles. The van der Waals surface area contributed by atoms with Gasteiger partial charge in [-0.1, -0.05) is 42.5 Å². The van der Waals surface area contributed by atoms with Crippen molar-refractivity contribution < 1.29 is 19.1 Å². The van der Waals surface area contributed by atoms with Gasteiger partial charge in [-0.15, -0.1) is 0 Å². The van der Waals surface area contributed by atoms with Crippen LogP contribution in [0.5, 0.6) is 0 Å². The van der Waals surface area contributed by atoms with Crippen LogP contribution in [0.15, 0.2) is 59.7 Å². The minimum atomic E-state index is -0.731. The Morgan fingerprint density at radius 1 is 1.04 bits per heavy atom. The lowest BCUT2D eigenvalue weighted by molar-refractivity contribution is -0.131. The summed E-state index contributed by atoms with van der Waals surface area (Å²) >= 11 is 0. The summed E-state index contributed by atoms with van der Waals surface area (Å²) in [5.41, 5.74) is 4.37. The molecule has 1 unspecified atom stereocenters. The van der Waals surface area contributed by atoms with Gasteiger partial charge in [-0.25, -0.2) is 10.2 Å². The van der Waals surface area contributed by atoms with Crippen LogP contribution in [0.2, 0.25) is 0 Å². The number of hydrogen-bond acceptors (Lipinski definition) is 5. The SMILES string of the molecule is COC(=O)c1ccc(/C=N/NC(=O)C(OC)c2ccccc2)cc1. The van der Waals surface area contributed by atoms with Crippen molar-refractivity contribution in [2.75, 3.05) is 14.2 Å². The molecule has 1 atom stereocenters. The van der Waals surface area contributed by atoms with Gasteiger partial charge in [0.25, 0.3) is 5.91 Å². The summed E-state index contributed by atoms with van der Waals surface area (Å²) in [6.45, 7) is 0. The average Bonchev–Trinajstić information content (AvgIpc) is 2.63. The van der Waals surface area contributed by atoms with E-state index in [4.69, 9.17) is 4.74 Å². The molecule has 0 aliphatic carbocycles. The molecule has 0 radical (unpaired) electrons. The number of carbonyl (C=O) groups excluding carboxylic acids is 2. The van der Waals surface area contributed by atoms with E-state index in [-0.39, 0.29) is 5.91 Å². The van der Waals surface area contributed by atoms with Crippen LogP contribution in [0.4, 0.5) is 0 Å². The van der Waals surface area contributed by atoms with Crippen molar-refractivity contribution in [1.82, 2.24) is 5.43 Å². The monoisotopic (exact) mass is 326 g/mol. The van der Waals surface area contributed by atoms with Crippen LogP contribution in [0.3, 0.4) is 0 Å². The van der Waals surface area contributed by atoms with Crippen molar-refractivity contribution >= 4 is 18.1 Å². The minimum absolute atomic E-state index is 0.369. The highest BCUT2D eigenvalue weighted by atomic mass is 16.5. The maximum atomic E-state index is 12.1. The Morgan fingerprint density at radius 2 is 1.71 bits per heavy atom. The number of hydrazone groups is 1. The molecule has 0 aliphatic rings. The van der Waals surface area contributed by atoms with Gasteiger partial charge in [0.2, 0.25) is 0 Å². The van der Waals surface area contributed by atoms with Gasteiger partial charge >= 0.3 is 5.97 Å². The van der Waals surface area contributed by atoms with Gasteiger partial charge < -0.3 is 9.47 Å². The number of esters is 1. The molecule has 1 N–H and O–H groups in total. The van der Waals surface area contributed by atoms with Crippen molar-refractivity contribution in [2.24, 2.45) is 5.10 Å². The number of hydrogen-bond donors (Lipinski definition) is 1. The van der Waals surface area contributed by atoms with Gasteiger partial charge in [-0.2, -0.15) is 5.10 Å².